The van der Waals surface area contributed by atoms with Crippen LogP contribution in [0.15, 0.2) is 18.2 Å². The molecule has 0 nitrogen and oxygen atoms in total. The van der Waals surface area contributed by atoms with Gasteiger partial charge in [0.15, 0.2) is 0 Å². The van der Waals surface area contributed by atoms with Crippen LogP contribution in [0.1, 0.15) is 25.3 Å². The molecule has 0 spiro atoms. The summed E-state index contributed by atoms with van der Waals surface area (Å²) < 4.78 is 0. The van der Waals surface area contributed by atoms with Gasteiger partial charge in [0.1, 0.15) is 0 Å². The highest BCUT2D eigenvalue weighted by Crippen LogP contribution is 2.48. The van der Waals surface area contributed by atoms with Crippen LogP contribution < -0.4 is 0 Å². The normalized spacial score (nSPS) is 19.5. The van der Waals surface area contributed by atoms with Crippen molar-refractivity contribution in [1.82, 2.24) is 0 Å². The Morgan fingerprint density at radius 3 is 2.56 bits per heavy atom. The largest absolute Gasteiger partial charge is 0.126 e. The first kappa shape index (κ1) is 12.5. The van der Waals surface area contributed by atoms with E-state index in [0.29, 0.717) is 5.88 Å². The van der Waals surface area contributed by atoms with Crippen LogP contribution >= 0.6 is 34.8 Å². The summed E-state index contributed by atoms with van der Waals surface area (Å²) in [6, 6.07) is 5.64. The van der Waals surface area contributed by atoms with Gasteiger partial charge in [0, 0.05) is 15.9 Å². The summed E-state index contributed by atoms with van der Waals surface area (Å²) in [7, 11) is 0. The van der Waals surface area contributed by atoms with Crippen molar-refractivity contribution in [3.05, 3.63) is 33.8 Å². The molecule has 3 heteroatoms. The van der Waals surface area contributed by atoms with Crippen LogP contribution in [0, 0.1) is 11.3 Å². The molecule has 0 aromatic heterocycles. The predicted molar refractivity (Wildman–Crippen MR) is 71.7 cm³/mol. The van der Waals surface area contributed by atoms with Crippen molar-refractivity contribution in [2.75, 3.05) is 5.88 Å². The van der Waals surface area contributed by atoms with E-state index >= 15 is 0 Å². The summed E-state index contributed by atoms with van der Waals surface area (Å²) in [5, 5.41) is 1.54. The minimum absolute atomic E-state index is 0.163. The van der Waals surface area contributed by atoms with Crippen LogP contribution in [-0.2, 0) is 6.42 Å². The van der Waals surface area contributed by atoms with Crippen LogP contribution in [-0.4, -0.2) is 5.88 Å². The van der Waals surface area contributed by atoms with Crippen molar-refractivity contribution in [2.45, 2.75) is 26.2 Å². The van der Waals surface area contributed by atoms with Gasteiger partial charge in [-0.05, 0) is 54.4 Å². The Bertz CT molecular complexity index is 385. The maximum atomic E-state index is 6.18. The Hall–Kier alpha value is 0.0900. The van der Waals surface area contributed by atoms with Crippen molar-refractivity contribution >= 4 is 34.8 Å². The molecule has 0 aliphatic heterocycles. The van der Waals surface area contributed by atoms with Gasteiger partial charge >= 0.3 is 0 Å². The fourth-order valence-electron chi connectivity index (χ4n) is 2.19. The Kier molecular flexibility index (Phi) is 3.73. The lowest BCUT2D eigenvalue weighted by molar-refractivity contribution is 0.313. The van der Waals surface area contributed by atoms with E-state index in [1.54, 1.807) is 0 Å². The smallest absolute Gasteiger partial charge is 0.0439 e. The van der Waals surface area contributed by atoms with E-state index in [9.17, 15) is 0 Å². The number of hydrogen-bond donors (Lipinski definition) is 0. The average Bonchev–Trinajstić information content (AvgIpc) is 3.07. The average molecular weight is 278 g/mol. The van der Waals surface area contributed by atoms with Gasteiger partial charge in [-0.25, -0.2) is 0 Å². The monoisotopic (exact) mass is 276 g/mol. The van der Waals surface area contributed by atoms with Gasteiger partial charge in [-0.3, -0.25) is 0 Å². The summed E-state index contributed by atoms with van der Waals surface area (Å²) in [5.41, 5.74) is 1.28. The van der Waals surface area contributed by atoms with Gasteiger partial charge in [0.05, 0.1) is 0 Å². The minimum Gasteiger partial charge on any atom is -0.126 e. The Labute approximate surface area is 112 Å². The van der Waals surface area contributed by atoms with E-state index in [-0.39, 0.29) is 5.41 Å². The molecular weight excluding hydrogens is 263 g/mol. The van der Waals surface area contributed by atoms with Crippen molar-refractivity contribution in [2.24, 2.45) is 11.3 Å². The number of alkyl halides is 1. The van der Waals surface area contributed by atoms with E-state index in [1.807, 2.05) is 18.2 Å². The van der Waals surface area contributed by atoms with Gasteiger partial charge in [0.2, 0.25) is 0 Å². The molecule has 1 aliphatic rings. The zero-order chi connectivity index (χ0) is 11.8. The van der Waals surface area contributed by atoms with Crippen molar-refractivity contribution in [3.8, 4) is 0 Å². The van der Waals surface area contributed by atoms with E-state index in [2.05, 4.69) is 6.92 Å². The highest BCUT2D eigenvalue weighted by Gasteiger charge is 2.41. The molecular formula is C13H15Cl3. The molecule has 1 unspecified atom stereocenters. The van der Waals surface area contributed by atoms with E-state index in [1.165, 1.54) is 12.8 Å². The lowest BCUT2D eigenvalue weighted by atomic mass is 9.81. The topological polar surface area (TPSA) is 0 Å². The van der Waals surface area contributed by atoms with Crippen molar-refractivity contribution in [3.63, 3.8) is 0 Å². The molecule has 0 amide bonds. The van der Waals surface area contributed by atoms with Crippen LogP contribution in [0.2, 0.25) is 10.0 Å². The second kappa shape index (κ2) is 4.76. The second-order valence-corrected chi connectivity index (χ2v) is 6.09. The Morgan fingerprint density at radius 2 is 2.00 bits per heavy atom. The highest BCUT2D eigenvalue weighted by atomic mass is 35.5. The summed E-state index contributed by atoms with van der Waals surface area (Å²) in [5.74, 6) is 1.43. The minimum atomic E-state index is 0.163. The van der Waals surface area contributed by atoms with E-state index in [4.69, 9.17) is 34.8 Å². The third-order valence-electron chi connectivity index (χ3n) is 3.47. The molecule has 0 bridgehead atoms. The number of rotatable bonds is 4. The van der Waals surface area contributed by atoms with Crippen molar-refractivity contribution < 1.29 is 0 Å². The molecule has 1 aromatic carbocycles. The molecule has 0 radical (unpaired) electrons. The van der Waals surface area contributed by atoms with Gasteiger partial charge in [0.25, 0.3) is 0 Å². The third-order valence-corrected chi connectivity index (χ3v) is 4.68. The zero-order valence-corrected chi connectivity index (χ0v) is 11.5. The Balaban J connectivity index is 2.21. The van der Waals surface area contributed by atoms with Crippen molar-refractivity contribution in [1.29, 1.82) is 0 Å². The van der Waals surface area contributed by atoms with E-state index < -0.39 is 0 Å². The van der Waals surface area contributed by atoms with Gasteiger partial charge in [-0.2, -0.15) is 0 Å². The third kappa shape index (κ3) is 2.67. The quantitative estimate of drug-likeness (QED) is 0.664. The molecule has 1 aliphatic carbocycles. The first-order valence-corrected chi connectivity index (χ1v) is 6.84. The molecule has 0 saturated heterocycles. The number of halogens is 3. The van der Waals surface area contributed by atoms with Gasteiger partial charge in [-0.1, -0.05) is 30.1 Å². The lowest BCUT2D eigenvalue weighted by Gasteiger charge is -2.27. The fraction of sp³-hybridized carbons (Fsp3) is 0.538. The lowest BCUT2D eigenvalue weighted by Crippen LogP contribution is -2.24. The van der Waals surface area contributed by atoms with Crippen LogP contribution in [0.5, 0.6) is 0 Å². The molecule has 16 heavy (non-hydrogen) atoms. The molecule has 1 aromatic rings. The SMILES string of the molecule is CC(CCl)(Cc1cc(Cl)ccc1Cl)C1CC1. The van der Waals surface area contributed by atoms with Crippen LogP contribution in [0.3, 0.4) is 0 Å². The molecule has 1 fully saturated rings. The standard InChI is InChI=1S/C13H15Cl3/c1-13(8-14,10-2-3-10)7-9-6-11(15)4-5-12(9)16/h4-6,10H,2-3,7-8H2,1H3. The highest BCUT2D eigenvalue weighted by molar-refractivity contribution is 6.33. The zero-order valence-electron chi connectivity index (χ0n) is 9.27. The molecule has 1 saturated carbocycles. The van der Waals surface area contributed by atoms with Crippen LogP contribution in [0.25, 0.3) is 0 Å². The predicted octanol–water partition coefficient (Wildman–Crippen LogP) is 5.19. The number of hydrogen-bond acceptors (Lipinski definition) is 0. The first-order chi connectivity index (χ1) is 7.55. The maximum Gasteiger partial charge on any atom is 0.0439 e. The molecule has 0 N–H and O–H groups in total. The molecule has 0 heterocycles. The van der Waals surface area contributed by atoms with E-state index in [0.717, 1.165) is 27.9 Å². The fourth-order valence-corrected chi connectivity index (χ4v) is 2.89. The number of benzene rings is 1. The molecule has 88 valence electrons. The first-order valence-electron chi connectivity index (χ1n) is 5.55. The molecule has 2 rings (SSSR count). The summed E-state index contributed by atoms with van der Waals surface area (Å²) in [6.07, 6.45) is 3.50. The van der Waals surface area contributed by atoms with Gasteiger partial charge in [-0.15, -0.1) is 11.6 Å². The Morgan fingerprint density at radius 1 is 1.31 bits per heavy atom. The second-order valence-electron chi connectivity index (χ2n) is 4.97. The maximum absolute atomic E-state index is 6.18. The summed E-state index contributed by atoms with van der Waals surface area (Å²) in [4.78, 5) is 0. The van der Waals surface area contributed by atoms with Crippen LogP contribution in [0.4, 0.5) is 0 Å². The summed E-state index contributed by atoms with van der Waals surface area (Å²) in [6.45, 7) is 2.24. The van der Waals surface area contributed by atoms with Gasteiger partial charge < -0.3 is 0 Å². The molecule has 1 atom stereocenters. The summed E-state index contributed by atoms with van der Waals surface area (Å²) >= 11 is 18.3.